The predicted octanol–water partition coefficient (Wildman–Crippen LogP) is 9.80. The number of aromatic nitrogens is 1. The van der Waals surface area contributed by atoms with Gasteiger partial charge in [0.1, 0.15) is 6.10 Å². The SMILES string of the molecule is C/C(=C/C[C@H](OC(=O)CSC(C)(C)C(=O)C(C)Br)/C(C)=C/c1csc(C)n1)CCC[C@H](C)CO[Si](C)(C)C(C)(C)C. The number of allylic oxidation sites excluding steroid dienone is 1. The smallest absolute Gasteiger partial charge is 0.316 e. The van der Waals surface area contributed by atoms with Gasteiger partial charge in [-0.25, -0.2) is 4.98 Å². The second-order valence-electron chi connectivity index (χ2n) is 13.3. The number of carbonyl (C=O) groups excluding carboxylic acids is 2. The van der Waals surface area contributed by atoms with Gasteiger partial charge >= 0.3 is 5.97 Å². The van der Waals surface area contributed by atoms with E-state index >= 15 is 0 Å². The Morgan fingerprint density at radius 2 is 1.80 bits per heavy atom. The lowest BCUT2D eigenvalue weighted by Gasteiger charge is -2.37. The van der Waals surface area contributed by atoms with E-state index in [0.717, 1.165) is 42.1 Å². The number of alkyl halides is 1. The Hall–Kier alpha value is -0.743. The standard InChI is InChI=1S/C32H54BrNO4S2Si/c1-22(14-13-15-23(2)19-37-41(11,12)31(6,7)8)16-17-28(24(3)18-27-20-39-26(5)34-27)38-29(35)21-40-32(9,10)30(36)25(4)33/h16,18,20,23,25,28H,13-15,17,19,21H2,1-12H3/b22-16-,24-18+/t23-,25?,28-/m0/s1. The van der Waals surface area contributed by atoms with E-state index in [2.05, 4.69) is 74.7 Å². The molecule has 1 heterocycles. The van der Waals surface area contributed by atoms with Gasteiger partial charge in [0.2, 0.25) is 0 Å². The number of esters is 1. The highest BCUT2D eigenvalue weighted by molar-refractivity contribution is 9.10. The summed E-state index contributed by atoms with van der Waals surface area (Å²) in [7, 11) is -1.72. The van der Waals surface area contributed by atoms with Crippen molar-refractivity contribution >= 4 is 65.2 Å². The minimum atomic E-state index is -1.72. The van der Waals surface area contributed by atoms with Crippen molar-refractivity contribution in [3.05, 3.63) is 33.3 Å². The Balaban J connectivity index is 2.79. The monoisotopic (exact) mass is 687 g/mol. The Morgan fingerprint density at radius 1 is 1.17 bits per heavy atom. The Morgan fingerprint density at radius 3 is 2.34 bits per heavy atom. The molecule has 0 aliphatic heterocycles. The van der Waals surface area contributed by atoms with E-state index < -0.39 is 13.1 Å². The minimum absolute atomic E-state index is 0.0567. The molecule has 0 N–H and O–H groups in total. The van der Waals surface area contributed by atoms with Gasteiger partial charge < -0.3 is 9.16 Å². The number of thioether (sulfide) groups is 1. The van der Waals surface area contributed by atoms with Crippen LogP contribution in [0.5, 0.6) is 0 Å². The van der Waals surface area contributed by atoms with Gasteiger partial charge in [-0.05, 0) is 96.5 Å². The molecule has 0 fully saturated rings. The third-order valence-corrected chi connectivity index (χ3v) is 14.8. The first-order valence-corrected chi connectivity index (χ1v) is 20.4. The summed E-state index contributed by atoms with van der Waals surface area (Å²) in [6.07, 6.45) is 7.67. The number of ketones is 1. The maximum absolute atomic E-state index is 12.9. The molecule has 9 heteroatoms. The molecule has 234 valence electrons. The van der Waals surface area contributed by atoms with E-state index in [0.29, 0.717) is 12.3 Å². The number of hydrogen-bond acceptors (Lipinski definition) is 7. The maximum Gasteiger partial charge on any atom is 0.316 e. The molecule has 0 radical (unpaired) electrons. The quantitative estimate of drug-likeness (QED) is 0.0703. The van der Waals surface area contributed by atoms with Crippen LogP contribution in [0.15, 0.2) is 22.6 Å². The van der Waals surface area contributed by atoms with Gasteiger partial charge in [-0.2, -0.15) is 0 Å². The molecule has 1 aromatic rings. The third kappa shape index (κ3) is 14.1. The Bertz CT molecular complexity index is 1060. The number of halogens is 1. The van der Waals surface area contributed by atoms with E-state index in [-0.39, 0.29) is 33.5 Å². The number of rotatable bonds is 17. The van der Waals surface area contributed by atoms with Crippen LogP contribution in [-0.4, -0.2) is 53.1 Å². The van der Waals surface area contributed by atoms with Gasteiger partial charge in [0.25, 0.3) is 0 Å². The summed E-state index contributed by atoms with van der Waals surface area (Å²) in [4.78, 5) is 29.7. The first-order valence-electron chi connectivity index (χ1n) is 14.7. The molecule has 0 aliphatic rings. The lowest BCUT2D eigenvalue weighted by atomic mass is 10.0. The zero-order chi connectivity index (χ0) is 31.6. The second-order valence-corrected chi connectivity index (χ2v) is 22.1. The molecule has 0 saturated carbocycles. The molecule has 1 aromatic heterocycles. The van der Waals surface area contributed by atoms with Crippen LogP contribution >= 0.6 is 39.0 Å². The molecule has 0 amide bonds. The van der Waals surface area contributed by atoms with Crippen LogP contribution in [0.25, 0.3) is 6.08 Å². The van der Waals surface area contributed by atoms with E-state index in [1.807, 2.05) is 46.1 Å². The largest absolute Gasteiger partial charge is 0.457 e. The van der Waals surface area contributed by atoms with Gasteiger partial charge in [-0.1, -0.05) is 55.3 Å². The van der Waals surface area contributed by atoms with Crippen LogP contribution in [0.1, 0.15) is 98.7 Å². The first kappa shape index (κ1) is 38.3. The third-order valence-electron chi connectivity index (χ3n) is 7.78. The molecular weight excluding hydrogens is 634 g/mol. The molecule has 1 rings (SSSR count). The maximum atomic E-state index is 12.9. The van der Waals surface area contributed by atoms with Crippen molar-refractivity contribution in [2.75, 3.05) is 12.4 Å². The Labute approximate surface area is 268 Å². The second kappa shape index (κ2) is 16.9. The van der Waals surface area contributed by atoms with Gasteiger partial charge in [-0.3, -0.25) is 9.59 Å². The molecule has 5 nitrogen and oxygen atoms in total. The fraction of sp³-hybridized carbons (Fsp3) is 0.719. The molecule has 1 unspecified atom stereocenters. The molecule has 3 atom stereocenters. The summed E-state index contributed by atoms with van der Waals surface area (Å²) in [6, 6.07) is 0. The number of thiazole rings is 1. The van der Waals surface area contributed by atoms with E-state index in [4.69, 9.17) is 9.16 Å². The normalized spacial score (nSPS) is 15.9. The zero-order valence-corrected chi connectivity index (χ0v) is 31.7. The lowest BCUT2D eigenvalue weighted by molar-refractivity contribution is -0.143. The summed E-state index contributed by atoms with van der Waals surface area (Å²) in [6.45, 7) is 26.2. The molecule has 0 bridgehead atoms. The Kier molecular flexibility index (Phi) is 15.8. The van der Waals surface area contributed by atoms with E-state index in [9.17, 15) is 9.59 Å². The van der Waals surface area contributed by atoms with Crippen molar-refractivity contribution in [2.24, 2.45) is 5.92 Å². The highest BCUT2D eigenvalue weighted by atomic mass is 79.9. The average molecular weight is 689 g/mol. The van der Waals surface area contributed by atoms with Crippen LogP contribution in [0, 0.1) is 12.8 Å². The topological polar surface area (TPSA) is 65.5 Å². The predicted molar refractivity (Wildman–Crippen MR) is 185 cm³/mol. The highest BCUT2D eigenvalue weighted by Crippen LogP contribution is 2.37. The number of carbonyl (C=O) groups is 2. The van der Waals surface area contributed by atoms with Gasteiger partial charge in [0.15, 0.2) is 14.1 Å². The van der Waals surface area contributed by atoms with Crippen molar-refractivity contribution in [1.29, 1.82) is 0 Å². The number of ether oxygens (including phenoxy) is 1. The van der Waals surface area contributed by atoms with Crippen LogP contribution in [-0.2, 0) is 18.8 Å². The van der Waals surface area contributed by atoms with Crippen molar-refractivity contribution in [2.45, 2.75) is 129 Å². The molecule has 0 spiro atoms. The summed E-state index contributed by atoms with van der Waals surface area (Å²) >= 11 is 6.28. The summed E-state index contributed by atoms with van der Waals surface area (Å²) in [5.74, 6) is 0.391. The van der Waals surface area contributed by atoms with Crippen molar-refractivity contribution in [3.63, 3.8) is 0 Å². The van der Waals surface area contributed by atoms with Crippen LogP contribution in [0.3, 0.4) is 0 Å². The number of nitrogens with zero attached hydrogens (tertiary/aromatic N) is 1. The lowest BCUT2D eigenvalue weighted by Crippen LogP contribution is -2.41. The van der Waals surface area contributed by atoms with Gasteiger partial charge in [0.05, 0.1) is 26.0 Å². The zero-order valence-electron chi connectivity index (χ0n) is 27.5. The van der Waals surface area contributed by atoms with Crippen LogP contribution in [0.4, 0.5) is 0 Å². The fourth-order valence-electron chi connectivity index (χ4n) is 3.87. The summed E-state index contributed by atoms with van der Waals surface area (Å²) in [5.41, 5.74) is 3.14. The molecule has 0 aromatic carbocycles. The van der Waals surface area contributed by atoms with Crippen molar-refractivity contribution < 1.29 is 18.8 Å². The number of aryl methyl sites for hydroxylation is 1. The summed E-state index contributed by atoms with van der Waals surface area (Å²) in [5, 5.41) is 3.25. The molecule has 0 aliphatic carbocycles. The fourth-order valence-corrected chi connectivity index (χ4v) is 7.17. The van der Waals surface area contributed by atoms with Gasteiger partial charge in [-0.15, -0.1) is 23.1 Å². The van der Waals surface area contributed by atoms with Crippen molar-refractivity contribution in [3.8, 4) is 0 Å². The average Bonchev–Trinajstić information content (AvgIpc) is 3.26. The van der Waals surface area contributed by atoms with Crippen LogP contribution < -0.4 is 0 Å². The van der Waals surface area contributed by atoms with Crippen LogP contribution in [0.2, 0.25) is 18.1 Å². The number of hydrogen-bond donors (Lipinski definition) is 0. The number of Topliss-reactive ketones (excluding diaryl/α,β-unsaturated/α-hetero) is 1. The molecule has 41 heavy (non-hydrogen) atoms. The van der Waals surface area contributed by atoms with Crippen molar-refractivity contribution in [1.82, 2.24) is 4.98 Å². The van der Waals surface area contributed by atoms with E-state index in [1.54, 1.807) is 11.3 Å². The molecular formula is C32H54BrNO4S2Si. The highest BCUT2D eigenvalue weighted by Gasteiger charge is 2.37. The van der Waals surface area contributed by atoms with E-state index in [1.165, 1.54) is 17.3 Å². The molecule has 0 saturated heterocycles. The first-order chi connectivity index (χ1) is 18.7. The van der Waals surface area contributed by atoms with Gasteiger partial charge in [0, 0.05) is 18.4 Å². The minimum Gasteiger partial charge on any atom is -0.457 e. The summed E-state index contributed by atoms with van der Waals surface area (Å²) < 4.78 is 11.7.